The molecule has 0 saturated heterocycles. The molecule has 8 heteroatoms. The number of sulfonamides is 1. The second kappa shape index (κ2) is 7.89. The summed E-state index contributed by atoms with van der Waals surface area (Å²) in [4.78, 5) is 12.6. The molecular formula is C19H22N4O3S. The third-order valence-corrected chi connectivity index (χ3v) is 6.47. The molecule has 7 nitrogen and oxygen atoms in total. The predicted octanol–water partition coefficient (Wildman–Crippen LogP) is 2.29. The normalized spacial score (nSPS) is 11.8. The Morgan fingerprint density at radius 3 is 2.48 bits per heavy atom. The Kier molecular flexibility index (Phi) is 5.57. The zero-order chi connectivity index (χ0) is 19.4. The van der Waals surface area contributed by atoms with Crippen LogP contribution in [0, 0.1) is 0 Å². The fourth-order valence-corrected chi connectivity index (χ4v) is 4.35. The summed E-state index contributed by atoms with van der Waals surface area (Å²) in [5.74, 6) is -0.267. The number of hydrogen-bond acceptors (Lipinski definition) is 4. The van der Waals surface area contributed by atoms with Crippen LogP contribution < -0.4 is 5.32 Å². The van der Waals surface area contributed by atoms with Crippen LogP contribution in [0.2, 0.25) is 0 Å². The van der Waals surface area contributed by atoms with E-state index in [0.29, 0.717) is 25.2 Å². The van der Waals surface area contributed by atoms with Crippen LogP contribution in [0.1, 0.15) is 29.8 Å². The molecule has 0 unspecified atom stereocenters. The van der Waals surface area contributed by atoms with E-state index < -0.39 is 10.0 Å². The van der Waals surface area contributed by atoms with Gasteiger partial charge in [0.15, 0.2) is 0 Å². The summed E-state index contributed by atoms with van der Waals surface area (Å²) in [5.41, 5.74) is 2.24. The minimum absolute atomic E-state index is 0.186. The first-order valence-corrected chi connectivity index (χ1v) is 10.2. The maximum atomic E-state index is 12.5. The molecule has 1 aromatic carbocycles. The summed E-state index contributed by atoms with van der Waals surface area (Å²) < 4.78 is 28.1. The molecule has 0 atom stereocenters. The first kappa shape index (κ1) is 19.1. The molecule has 3 rings (SSSR count). The number of carbonyl (C=O) groups excluding carboxylic acids is 1. The Morgan fingerprint density at radius 2 is 1.81 bits per heavy atom. The Balaban J connectivity index is 1.71. The van der Waals surface area contributed by atoms with Crippen LogP contribution in [0.15, 0.2) is 59.8 Å². The number of aromatic nitrogens is 2. The van der Waals surface area contributed by atoms with Crippen molar-refractivity contribution in [3.8, 4) is 0 Å². The van der Waals surface area contributed by atoms with Crippen molar-refractivity contribution in [1.82, 2.24) is 19.2 Å². The summed E-state index contributed by atoms with van der Waals surface area (Å²) in [6.07, 6.45) is 3.56. The molecule has 0 aliphatic heterocycles. The van der Waals surface area contributed by atoms with Gasteiger partial charge < -0.3 is 5.32 Å². The zero-order valence-electron chi connectivity index (χ0n) is 15.3. The van der Waals surface area contributed by atoms with E-state index in [4.69, 9.17) is 0 Å². The average Bonchev–Trinajstić information content (AvgIpc) is 3.10. The zero-order valence-corrected chi connectivity index (χ0v) is 16.1. The summed E-state index contributed by atoms with van der Waals surface area (Å²) in [7, 11) is -3.53. The van der Waals surface area contributed by atoms with Gasteiger partial charge in [-0.05, 0) is 36.4 Å². The molecule has 142 valence electrons. The Hall–Kier alpha value is -2.71. The SMILES string of the molecule is CCN(CC)S(=O)(=O)c1ccc(C(=O)NCc2cnn3ccccc23)cc1. The van der Waals surface area contributed by atoms with Crippen LogP contribution in [0.25, 0.3) is 5.52 Å². The van der Waals surface area contributed by atoms with E-state index in [0.717, 1.165) is 11.1 Å². The van der Waals surface area contributed by atoms with Crippen LogP contribution in [0.3, 0.4) is 0 Å². The maximum absolute atomic E-state index is 12.5. The van der Waals surface area contributed by atoms with Crippen molar-refractivity contribution in [2.75, 3.05) is 13.1 Å². The molecule has 0 bridgehead atoms. The van der Waals surface area contributed by atoms with Crippen molar-refractivity contribution in [2.24, 2.45) is 0 Å². The fraction of sp³-hybridized carbons (Fsp3) is 0.263. The van der Waals surface area contributed by atoms with Gasteiger partial charge in [0.25, 0.3) is 5.91 Å². The van der Waals surface area contributed by atoms with E-state index >= 15 is 0 Å². The minimum Gasteiger partial charge on any atom is -0.348 e. The van der Waals surface area contributed by atoms with Crippen molar-refractivity contribution in [2.45, 2.75) is 25.3 Å². The number of fused-ring (bicyclic) bond motifs is 1. The second-order valence-corrected chi connectivity index (χ2v) is 7.93. The Morgan fingerprint density at radius 1 is 1.11 bits per heavy atom. The quantitative estimate of drug-likeness (QED) is 0.675. The highest BCUT2D eigenvalue weighted by Crippen LogP contribution is 2.16. The minimum atomic E-state index is -3.53. The number of nitrogens with one attached hydrogen (secondary N) is 1. The topological polar surface area (TPSA) is 83.8 Å². The lowest BCUT2D eigenvalue weighted by Gasteiger charge is -2.18. The highest BCUT2D eigenvalue weighted by atomic mass is 32.2. The van der Waals surface area contributed by atoms with E-state index in [1.165, 1.54) is 28.6 Å². The molecule has 0 saturated carbocycles. The van der Waals surface area contributed by atoms with Gasteiger partial charge in [-0.2, -0.15) is 9.40 Å². The fourth-order valence-electron chi connectivity index (χ4n) is 2.89. The first-order valence-electron chi connectivity index (χ1n) is 8.77. The number of benzene rings is 1. The average molecular weight is 386 g/mol. The summed E-state index contributed by atoms with van der Waals surface area (Å²) >= 11 is 0. The highest BCUT2D eigenvalue weighted by Gasteiger charge is 2.21. The number of amides is 1. The first-order chi connectivity index (χ1) is 13.0. The van der Waals surface area contributed by atoms with Crippen LogP contribution in [-0.4, -0.2) is 41.3 Å². The molecule has 0 fully saturated rings. The largest absolute Gasteiger partial charge is 0.348 e. The standard InChI is InChI=1S/C19H22N4O3S/c1-3-22(4-2)27(25,26)17-10-8-15(9-11-17)19(24)20-13-16-14-21-23-12-6-5-7-18(16)23/h5-12,14H,3-4,13H2,1-2H3,(H,20,24). The lowest BCUT2D eigenvalue weighted by molar-refractivity contribution is 0.0951. The van der Waals surface area contributed by atoms with Crippen LogP contribution in [0.4, 0.5) is 0 Å². The van der Waals surface area contributed by atoms with Gasteiger partial charge in [-0.25, -0.2) is 12.9 Å². The number of hydrogen-bond donors (Lipinski definition) is 1. The van der Waals surface area contributed by atoms with Gasteiger partial charge in [-0.3, -0.25) is 4.79 Å². The van der Waals surface area contributed by atoms with Crippen molar-refractivity contribution >= 4 is 21.4 Å². The molecule has 0 spiro atoms. The van der Waals surface area contributed by atoms with Crippen molar-refractivity contribution in [3.05, 3.63) is 66.0 Å². The number of rotatable bonds is 7. The Bertz CT molecular complexity index is 1040. The van der Waals surface area contributed by atoms with E-state index in [2.05, 4.69) is 10.4 Å². The summed E-state index contributed by atoms with van der Waals surface area (Å²) in [6, 6.07) is 11.7. The third-order valence-electron chi connectivity index (χ3n) is 4.41. The third kappa shape index (κ3) is 3.86. The van der Waals surface area contributed by atoms with E-state index in [-0.39, 0.29) is 10.8 Å². The van der Waals surface area contributed by atoms with Gasteiger partial charge in [0.1, 0.15) is 0 Å². The molecule has 2 heterocycles. The van der Waals surface area contributed by atoms with E-state index in [1.807, 2.05) is 24.4 Å². The molecule has 1 amide bonds. The molecule has 2 aromatic heterocycles. The van der Waals surface area contributed by atoms with Crippen molar-refractivity contribution in [1.29, 1.82) is 0 Å². The second-order valence-electron chi connectivity index (χ2n) is 6.00. The molecular weight excluding hydrogens is 364 g/mol. The van der Waals surface area contributed by atoms with Gasteiger partial charge in [0, 0.05) is 37.0 Å². The van der Waals surface area contributed by atoms with Crippen molar-refractivity contribution < 1.29 is 13.2 Å². The predicted molar refractivity (Wildman–Crippen MR) is 103 cm³/mol. The number of pyridine rings is 1. The number of carbonyl (C=O) groups is 1. The molecule has 0 radical (unpaired) electrons. The number of nitrogens with zero attached hydrogens (tertiary/aromatic N) is 3. The monoisotopic (exact) mass is 386 g/mol. The molecule has 0 aliphatic carbocycles. The van der Waals surface area contributed by atoms with Crippen LogP contribution in [-0.2, 0) is 16.6 Å². The lowest BCUT2D eigenvalue weighted by atomic mass is 10.2. The maximum Gasteiger partial charge on any atom is 0.251 e. The molecule has 27 heavy (non-hydrogen) atoms. The van der Waals surface area contributed by atoms with Gasteiger partial charge >= 0.3 is 0 Å². The lowest BCUT2D eigenvalue weighted by Crippen LogP contribution is -2.30. The van der Waals surface area contributed by atoms with E-state index in [1.54, 1.807) is 24.6 Å². The summed E-state index contributed by atoms with van der Waals surface area (Å²) in [5, 5.41) is 7.08. The van der Waals surface area contributed by atoms with Crippen LogP contribution >= 0.6 is 0 Å². The molecule has 0 aliphatic rings. The van der Waals surface area contributed by atoms with Gasteiger partial charge in [-0.1, -0.05) is 19.9 Å². The highest BCUT2D eigenvalue weighted by molar-refractivity contribution is 7.89. The molecule has 1 N–H and O–H groups in total. The summed E-state index contributed by atoms with van der Waals surface area (Å²) in [6.45, 7) is 4.74. The van der Waals surface area contributed by atoms with Gasteiger partial charge in [0.2, 0.25) is 10.0 Å². The van der Waals surface area contributed by atoms with Gasteiger partial charge in [-0.15, -0.1) is 0 Å². The van der Waals surface area contributed by atoms with Crippen LogP contribution in [0.5, 0.6) is 0 Å². The van der Waals surface area contributed by atoms with Crippen molar-refractivity contribution in [3.63, 3.8) is 0 Å². The smallest absolute Gasteiger partial charge is 0.251 e. The van der Waals surface area contributed by atoms with Gasteiger partial charge in [0.05, 0.1) is 16.6 Å². The van der Waals surface area contributed by atoms with E-state index in [9.17, 15) is 13.2 Å². The molecule has 3 aromatic rings. The Labute approximate surface area is 158 Å².